The van der Waals surface area contributed by atoms with Gasteiger partial charge < -0.3 is 10.3 Å². The third-order valence-electron chi connectivity index (χ3n) is 2.63. The van der Waals surface area contributed by atoms with Crippen molar-refractivity contribution in [3.63, 3.8) is 0 Å². The van der Waals surface area contributed by atoms with E-state index in [9.17, 15) is 9.18 Å². The van der Waals surface area contributed by atoms with Crippen LogP contribution in [0.1, 0.15) is 11.1 Å². The van der Waals surface area contributed by atoms with Gasteiger partial charge in [-0.05, 0) is 30.3 Å². The fourth-order valence-electron chi connectivity index (χ4n) is 1.70. The number of aromatic nitrogens is 1. The van der Waals surface area contributed by atoms with Gasteiger partial charge in [-0.25, -0.2) is 4.39 Å². The number of nitrogens with two attached hydrogens (primary N) is 1. The first kappa shape index (κ1) is 13.9. The van der Waals surface area contributed by atoms with Crippen molar-refractivity contribution >= 4 is 33.1 Å². The fraction of sp³-hybridized carbons (Fsp3) is 0.0769. The van der Waals surface area contributed by atoms with Crippen molar-refractivity contribution in [3.8, 4) is 0 Å². The second-order valence-electron chi connectivity index (χ2n) is 3.95. The van der Waals surface area contributed by atoms with E-state index in [1.807, 2.05) is 0 Å². The van der Waals surface area contributed by atoms with Crippen molar-refractivity contribution in [2.75, 3.05) is 0 Å². The Morgan fingerprint density at radius 3 is 2.84 bits per heavy atom. The molecule has 0 radical (unpaired) electrons. The number of thiocarbonyl (C=S) groups is 1. The first-order valence-electron chi connectivity index (χ1n) is 5.42. The molecule has 0 saturated carbocycles. The maximum Gasteiger partial charge on any atom is 0.261 e. The predicted octanol–water partition coefficient (Wildman–Crippen LogP) is 2.43. The van der Waals surface area contributed by atoms with Crippen LogP contribution in [0.5, 0.6) is 0 Å². The number of benzene rings is 1. The fourth-order valence-corrected chi connectivity index (χ4v) is 2.26. The van der Waals surface area contributed by atoms with Crippen LogP contribution in [0, 0.1) is 5.82 Å². The summed E-state index contributed by atoms with van der Waals surface area (Å²) in [5, 5.41) is 0. The topological polar surface area (TPSA) is 48.0 Å². The molecule has 0 amide bonds. The zero-order valence-corrected chi connectivity index (χ0v) is 12.2. The SMILES string of the molecule is NC(=S)c1cccn(Cc2cc(Br)ccc2F)c1=O. The summed E-state index contributed by atoms with van der Waals surface area (Å²) in [6, 6.07) is 7.80. The minimum atomic E-state index is -0.365. The zero-order valence-electron chi connectivity index (χ0n) is 9.77. The number of halogens is 2. The molecule has 98 valence electrons. The Labute approximate surface area is 123 Å². The molecule has 0 unspecified atom stereocenters. The number of nitrogens with zero attached hydrogens (tertiary/aromatic N) is 1. The summed E-state index contributed by atoms with van der Waals surface area (Å²) in [6.45, 7) is 0.126. The van der Waals surface area contributed by atoms with Crippen molar-refractivity contribution in [2.24, 2.45) is 5.73 Å². The average molecular weight is 341 g/mol. The van der Waals surface area contributed by atoms with Crippen LogP contribution in [0.25, 0.3) is 0 Å². The van der Waals surface area contributed by atoms with Crippen molar-refractivity contribution in [2.45, 2.75) is 6.54 Å². The molecular formula is C13H10BrFN2OS. The van der Waals surface area contributed by atoms with Crippen molar-refractivity contribution in [3.05, 3.63) is 68.3 Å². The lowest BCUT2D eigenvalue weighted by Gasteiger charge is -2.09. The molecule has 2 N–H and O–H groups in total. The van der Waals surface area contributed by atoms with Crippen LogP contribution in [0.3, 0.4) is 0 Å². The molecule has 0 atom stereocenters. The first-order chi connectivity index (χ1) is 8.99. The Bertz CT molecular complexity index is 699. The van der Waals surface area contributed by atoms with Crippen LogP contribution in [0.15, 0.2) is 45.8 Å². The van der Waals surface area contributed by atoms with Crippen molar-refractivity contribution < 1.29 is 4.39 Å². The van der Waals surface area contributed by atoms with E-state index in [2.05, 4.69) is 15.9 Å². The quantitative estimate of drug-likeness (QED) is 0.873. The van der Waals surface area contributed by atoms with Crippen LogP contribution >= 0.6 is 28.1 Å². The van der Waals surface area contributed by atoms with Gasteiger partial charge >= 0.3 is 0 Å². The molecule has 0 aliphatic heterocycles. The number of hydrogen-bond donors (Lipinski definition) is 1. The van der Waals surface area contributed by atoms with Gasteiger partial charge in [-0.15, -0.1) is 0 Å². The first-order valence-corrected chi connectivity index (χ1v) is 6.62. The van der Waals surface area contributed by atoms with E-state index in [0.29, 0.717) is 5.56 Å². The standard InChI is InChI=1S/C13H10BrFN2OS/c14-9-3-4-11(15)8(6-9)7-17-5-1-2-10(12(16)19)13(17)18/h1-6H,7H2,(H2,16,19). The summed E-state index contributed by atoms with van der Waals surface area (Å²) in [5.41, 5.74) is 5.81. The molecule has 2 aromatic rings. The van der Waals surface area contributed by atoms with Gasteiger partial charge in [-0.3, -0.25) is 4.79 Å². The highest BCUT2D eigenvalue weighted by molar-refractivity contribution is 9.10. The largest absolute Gasteiger partial charge is 0.389 e. The molecule has 0 aliphatic carbocycles. The van der Waals surface area contributed by atoms with Gasteiger partial charge in [0.1, 0.15) is 10.8 Å². The highest BCUT2D eigenvalue weighted by Crippen LogP contribution is 2.16. The third-order valence-corrected chi connectivity index (χ3v) is 3.35. The van der Waals surface area contributed by atoms with Crippen molar-refractivity contribution in [1.82, 2.24) is 4.57 Å². The molecule has 1 aromatic heterocycles. The lowest BCUT2D eigenvalue weighted by atomic mass is 10.2. The van der Waals surface area contributed by atoms with Gasteiger partial charge in [0.25, 0.3) is 5.56 Å². The third kappa shape index (κ3) is 3.08. The Morgan fingerprint density at radius 1 is 1.42 bits per heavy atom. The number of hydrogen-bond acceptors (Lipinski definition) is 2. The summed E-state index contributed by atoms with van der Waals surface area (Å²) in [5.74, 6) is -0.365. The highest BCUT2D eigenvalue weighted by Gasteiger charge is 2.08. The van der Waals surface area contributed by atoms with Gasteiger partial charge in [0, 0.05) is 16.2 Å². The van der Waals surface area contributed by atoms with Gasteiger partial charge in [-0.2, -0.15) is 0 Å². The molecule has 0 spiro atoms. The Kier molecular flexibility index (Phi) is 4.11. The normalized spacial score (nSPS) is 10.4. The van der Waals surface area contributed by atoms with E-state index in [-0.39, 0.29) is 28.5 Å². The Balaban J connectivity index is 2.44. The van der Waals surface area contributed by atoms with E-state index in [0.717, 1.165) is 4.47 Å². The monoisotopic (exact) mass is 340 g/mol. The lowest BCUT2D eigenvalue weighted by Crippen LogP contribution is -2.28. The number of rotatable bonds is 3. The van der Waals surface area contributed by atoms with E-state index < -0.39 is 0 Å². The summed E-state index contributed by atoms with van der Waals surface area (Å²) in [6.07, 6.45) is 1.57. The molecule has 2 rings (SSSR count). The molecular weight excluding hydrogens is 331 g/mol. The maximum atomic E-state index is 13.7. The predicted molar refractivity (Wildman–Crippen MR) is 79.8 cm³/mol. The van der Waals surface area contributed by atoms with Gasteiger partial charge in [0.05, 0.1) is 12.1 Å². The van der Waals surface area contributed by atoms with Gasteiger partial charge in [-0.1, -0.05) is 28.1 Å². The average Bonchev–Trinajstić information content (AvgIpc) is 2.36. The Hall–Kier alpha value is -1.53. The number of pyridine rings is 1. The van der Waals surface area contributed by atoms with Gasteiger partial charge in [0.2, 0.25) is 0 Å². The minimum absolute atomic E-state index is 0.0362. The lowest BCUT2D eigenvalue weighted by molar-refractivity contribution is 0.595. The van der Waals surface area contributed by atoms with Crippen LogP contribution in [-0.2, 0) is 6.54 Å². The molecule has 19 heavy (non-hydrogen) atoms. The summed E-state index contributed by atoms with van der Waals surface area (Å²) in [7, 11) is 0. The maximum absolute atomic E-state index is 13.7. The highest BCUT2D eigenvalue weighted by atomic mass is 79.9. The molecule has 6 heteroatoms. The molecule has 0 bridgehead atoms. The van der Waals surface area contributed by atoms with Crippen LogP contribution < -0.4 is 11.3 Å². The van der Waals surface area contributed by atoms with Crippen LogP contribution in [-0.4, -0.2) is 9.56 Å². The second kappa shape index (κ2) is 5.63. The smallest absolute Gasteiger partial charge is 0.261 e. The van der Waals surface area contributed by atoms with E-state index >= 15 is 0 Å². The molecule has 1 heterocycles. The summed E-state index contributed by atoms with van der Waals surface area (Å²) < 4.78 is 15.8. The molecule has 0 fully saturated rings. The second-order valence-corrected chi connectivity index (χ2v) is 5.31. The summed E-state index contributed by atoms with van der Waals surface area (Å²) >= 11 is 8.07. The van der Waals surface area contributed by atoms with E-state index in [1.165, 1.54) is 10.6 Å². The van der Waals surface area contributed by atoms with Crippen LogP contribution in [0.2, 0.25) is 0 Å². The molecule has 0 aliphatic rings. The van der Waals surface area contributed by atoms with Crippen LogP contribution in [0.4, 0.5) is 4.39 Å². The molecule has 0 saturated heterocycles. The van der Waals surface area contributed by atoms with E-state index in [4.69, 9.17) is 18.0 Å². The minimum Gasteiger partial charge on any atom is -0.389 e. The van der Waals surface area contributed by atoms with Gasteiger partial charge in [0.15, 0.2) is 0 Å². The molecule has 1 aromatic carbocycles. The zero-order chi connectivity index (χ0) is 14.0. The Morgan fingerprint density at radius 2 is 2.16 bits per heavy atom. The summed E-state index contributed by atoms with van der Waals surface area (Å²) in [4.78, 5) is 12.1. The molecule has 3 nitrogen and oxygen atoms in total. The van der Waals surface area contributed by atoms with Crippen molar-refractivity contribution in [1.29, 1.82) is 0 Å². The van der Waals surface area contributed by atoms with E-state index in [1.54, 1.807) is 30.5 Å².